The van der Waals surface area contributed by atoms with E-state index in [2.05, 4.69) is 9.59 Å². The summed E-state index contributed by atoms with van der Waals surface area (Å²) >= 11 is 1.09. The van der Waals surface area contributed by atoms with Gasteiger partial charge in [0.1, 0.15) is 4.88 Å². The molecule has 0 bridgehead atoms. The van der Waals surface area contributed by atoms with E-state index in [9.17, 15) is 9.59 Å². The first kappa shape index (κ1) is 13.9. The summed E-state index contributed by atoms with van der Waals surface area (Å²) in [6.07, 6.45) is 1.61. The molecule has 1 amide bonds. The van der Waals surface area contributed by atoms with Crippen molar-refractivity contribution in [2.45, 2.75) is 45.1 Å². The molecule has 1 aromatic rings. The lowest BCUT2D eigenvalue weighted by Crippen LogP contribution is -2.36. The predicted octanol–water partition coefficient (Wildman–Crippen LogP) is 1.74. The van der Waals surface area contributed by atoms with Crippen LogP contribution in [0.15, 0.2) is 0 Å². The molecule has 1 fully saturated rings. The number of rotatable bonds is 4. The van der Waals surface area contributed by atoms with Crippen molar-refractivity contribution in [2.24, 2.45) is 0 Å². The molecule has 1 atom stereocenters. The Morgan fingerprint density at radius 1 is 1.53 bits per heavy atom. The highest BCUT2D eigenvalue weighted by molar-refractivity contribution is 7.08. The largest absolute Gasteiger partial charge is 0.481 e. The average Bonchev–Trinajstić information content (AvgIpc) is 2.94. The number of nitrogens with zero attached hydrogens (tertiary/aromatic N) is 3. The molecule has 2 rings (SSSR count). The summed E-state index contributed by atoms with van der Waals surface area (Å²) in [5, 5.41) is 12.9. The second kappa shape index (κ2) is 5.64. The van der Waals surface area contributed by atoms with Crippen molar-refractivity contribution in [3.8, 4) is 0 Å². The van der Waals surface area contributed by atoms with Crippen LogP contribution in [0.2, 0.25) is 0 Å². The third-order valence-corrected chi connectivity index (χ3v) is 4.03. The van der Waals surface area contributed by atoms with Gasteiger partial charge in [0.15, 0.2) is 0 Å². The highest BCUT2D eigenvalue weighted by Gasteiger charge is 2.33. The zero-order valence-corrected chi connectivity index (χ0v) is 11.8. The molecule has 2 heterocycles. The van der Waals surface area contributed by atoms with Gasteiger partial charge in [-0.1, -0.05) is 18.3 Å². The first-order chi connectivity index (χ1) is 9.00. The van der Waals surface area contributed by atoms with Gasteiger partial charge in [-0.15, -0.1) is 5.10 Å². The van der Waals surface area contributed by atoms with Gasteiger partial charge in [0.2, 0.25) is 0 Å². The van der Waals surface area contributed by atoms with Gasteiger partial charge in [-0.2, -0.15) is 0 Å². The van der Waals surface area contributed by atoms with Crippen LogP contribution in [0.3, 0.4) is 0 Å². The molecule has 0 radical (unpaired) electrons. The van der Waals surface area contributed by atoms with E-state index in [-0.39, 0.29) is 24.3 Å². The highest BCUT2D eigenvalue weighted by Crippen LogP contribution is 2.27. The van der Waals surface area contributed by atoms with Crippen molar-refractivity contribution in [2.75, 3.05) is 6.54 Å². The fourth-order valence-electron chi connectivity index (χ4n) is 2.37. The Morgan fingerprint density at radius 2 is 2.26 bits per heavy atom. The maximum Gasteiger partial charge on any atom is 0.305 e. The van der Waals surface area contributed by atoms with Crippen LogP contribution in [-0.4, -0.2) is 44.1 Å². The van der Waals surface area contributed by atoms with E-state index in [4.69, 9.17) is 5.11 Å². The van der Waals surface area contributed by atoms with Crippen LogP contribution in [0.25, 0.3) is 0 Å². The van der Waals surface area contributed by atoms with Crippen molar-refractivity contribution in [1.29, 1.82) is 0 Å². The lowest BCUT2D eigenvalue weighted by Gasteiger charge is -2.23. The topological polar surface area (TPSA) is 83.4 Å². The van der Waals surface area contributed by atoms with Gasteiger partial charge in [-0.05, 0) is 30.3 Å². The Labute approximate surface area is 115 Å². The molecule has 104 valence electrons. The Hall–Kier alpha value is -1.50. The number of hydrogen-bond donors (Lipinski definition) is 1. The molecule has 1 aliphatic rings. The lowest BCUT2D eigenvalue weighted by atomic mass is 10.1. The minimum Gasteiger partial charge on any atom is -0.481 e. The maximum absolute atomic E-state index is 12.5. The van der Waals surface area contributed by atoms with Crippen molar-refractivity contribution >= 4 is 23.4 Å². The van der Waals surface area contributed by atoms with Gasteiger partial charge in [-0.25, -0.2) is 0 Å². The van der Waals surface area contributed by atoms with Crippen LogP contribution in [0.5, 0.6) is 0 Å². The summed E-state index contributed by atoms with van der Waals surface area (Å²) in [5.74, 6) is -0.850. The number of likely N-dealkylation sites (tertiary alicyclic amines) is 1. The van der Waals surface area contributed by atoms with Gasteiger partial charge in [-0.3, -0.25) is 9.59 Å². The first-order valence-electron chi connectivity index (χ1n) is 6.35. The Morgan fingerprint density at radius 3 is 2.89 bits per heavy atom. The summed E-state index contributed by atoms with van der Waals surface area (Å²) in [4.78, 5) is 25.5. The molecular formula is C12H17N3O3S. The van der Waals surface area contributed by atoms with E-state index >= 15 is 0 Å². The number of carbonyl (C=O) groups is 2. The molecule has 6 nitrogen and oxygen atoms in total. The lowest BCUT2D eigenvalue weighted by molar-refractivity contribution is -0.137. The molecule has 0 aromatic carbocycles. The van der Waals surface area contributed by atoms with Crippen LogP contribution >= 0.6 is 11.5 Å². The minimum atomic E-state index is -0.865. The van der Waals surface area contributed by atoms with E-state index in [1.807, 2.05) is 13.8 Å². The van der Waals surface area contributed by atoms with E-state index in [1.54, 1.807) is 4.90 Å². The quantitative estimate of drug-likeness (QED) is 0.910. The van der Waals surface area contributed by atoms with Gasteiger partial charge in [0.25, 0.3) is 5.91 Å². The number of aliphatic carboxylic acids is 1. The van der Waals surface area contributed by atoms with Crippen molar-refractivity contribution in [1.82, 2.24) is 14.5 Å². The minimum absolute atomic E-state index is 0.00891. The number of aromatic nitrogens is 2. The molecule has 7 heteroatoms. The molecule has 19 heavy (non-hydrogen) atoms. The molecule has 1 aromatic heterocycles. The fraction of sp³-hybridized carbons (Fsp3) is 0.667. The smallest absolute Gasteiger partial charge is 0.305 e. The molecule has 1 aliphatic heterocycles. The van der Waals surface area contributed by atoms with E-state index in [0.717, 1.165) is 24.4 Å². The van der Waals surface area contributed by atoms with Crippen LogP contribution in [-0.2, 0) is 4.79 Å². The van der Waals surface area contributed by atoms with Crippen molar-refractivity contribution in [3.05, 3.63) is 10.6 Å². The molecule has 1 saturated heterocycles. The second-order valence-corrected chi connectivity index (χ2v) is 5.79. The average molecular weight is 283 g/mol. The van der Waals surface area contributed by atoms with E-state index in [1.165, 1.54) is 0 Å². The predicted molar refractivity (Wildman–Crippen MR) is 70.3 cm³/mol. The van der Waals surface area contributed by atoms with Crippen LogP contribution < -0.4 is 0 Å². The molecule has 0 saturated carbocycles. The van der Waals surface area contributed by atoms with Gasteiger partial charge >= 0.3 is 5.97 Å². The number of hydrogen-bond acceptors (Lipinski definition) is 5. The third-order valence-electron chi connectivity index (χ3n) is 3.30. The van der Waals surface area contributed by atoms with E-state index in [0.29, 0.717) is 17.1 Å². The summed E-state index contributed by atoms with van der Waals surface area (Å²) < 4.78 is 3.85. The number of carboxylic acids is 1. The van der Waals surface area contributed by atoms with Gasteiger partial charge < -0.3 is 10.0 Å². The highest BCUT2D eigenvalue weighted by atomic mass is 32.1. The zero-order chi connectivity index (χ0) is 14.0. The normalized spacial score (nSPS) is 19.1. The molecule has 1 N–H and O–H groups in total. The van der Waals surface area contributed by atoms with Crippen LogP contribution in [0.4, 0.5) is 0 Å². The Kier molecular flexibility index (Phi) is 4.14. The second-order valence-electron chi connectivity index (χ2n) is 5.03. The third kappa shape index (κ3) is 2.91. The van der Waals surface area contributed by atoms with Gasteiger partial charge in [0, 0.05) is 12.6 Å². The first-order valence-corrected chi connectivity index (χ1v) is 7.13. The summed E-state index contributed by atoms with van der Waals surface area (Å²) in [6, 6.07) is -0.202. The van der Waals surface area contributed by atoms with Crippen LogP contribution in [0.1, 0.15) is 54.4 Å². The van der Waals surface area contributed by atoms with E-state index < -0.39 is 5.97 Å². The number of carboxylic acid groups (broad SMARTS) is 1. The van der Waals surface area contributed by atoms with Crippen molar-refractivity contribution in [3.63, 3.8) is 0 Å². The molecule has 0 aliphatic carbocycles. The number of amides is 1. The van der Waals surface area contributed by atoms with Gasteiger partial charge in [0.05, 0.1) is 12.1 Å². The molecule has 0 spiro atoms. The Balaban J connectivity index is 2.18. The fourth-order valence-corrected chi connectivity index (χ4v) is 3.15. The van der Waals surface area contributed by atoms with Crippen LogP contribution in [0, 0.1) is 0 Å². The number of carbonyl (C=O) groups excluding carboxylic acids is 1. The summed E-state index contributed by atoms with van der Waals surface area (Å²) in [6.45, 7) is 4.55. The monoisotopic (exact) mass is 283 g/mol. The SMILES string of the molecule is CC(C)c1nnsc1C(=O)N1CCCC1CC(=O)O. The zero-order valence-electron chi connectivity index (χ0n) is 11.0. The summed E-state index contributed by atoms with van der Waals surface area (Å²) in [7, 11) is 0. The summed E-state index contributed by atoms with van der Waals surface area (Å²) in [5.41, 5.74) is 0.705. The Bertz CT molecular complexity index is 486. The standard InChI is InChI=1S/C12H17N3O3S/c1-7(2)10-11(19-14-13-10)12(18)15-5-3-4-8(15)6-9(16)17/h7-8H,3-6H2,1-2H3,(H,16,17). The van der Waals surface area contributed by atoms with Crippen molar-refractivity contribution < 1.29 is 14.7 Å². The molecular weight excluding hydrogens is 266 g/mol. The molecule has 1 unspecified atom stereocenters. The maximum atomic E-state index is 12.5.